The second-order valence-corrected chi connectivity index (χ2v) is 36.1. The van der Waals surface area contributed by atoms with Crippen LogP contribution in [0.5, 0.6) is 0 Å². The molecule has 0 aliphatic heterocycles. The highest BCUT2D eigenvalue weighted by atomic mass is 16.3. The number of hydrogen-bond acceptors (Lipinski definition) is 9. The van der Waals surface area contributed by atoms with Gasteiger partial charge in [0.05, 0.1) is 46.3 Å². The van der Waals surface area contributed by atoms with Crippen molar-refractivity contribution in [3.05, 3.63) is 272 Å². The molecule has 0 saturated carbocycles. The largest absolute Gasteiger partial charge is 0.464 e. The molecular formula is C94H116N8O2. The highest BCUT2D eigenvalue weighted by molar-refractivity contribution is 5.81. The van der Waals surface area contributed by atoms with E-state index in [0.29, 0.717) is 0 Å². The quantitative estimate of drug-likeness (QED) is 0.158. The first-order valence-electron chi connectivity index (χ1n) is 37.2. The minimum Gasteiger partial charge on any atom is -0.464 e. The van der Waals surface area contributed by atoms with Gasteiger partial charge in [0.25, 0.3) is 0 Å². The van der Waals surface area contributed by atoms with Crippen LogP contribution in [0.1, 0.15) is 267 Å². The monoisotopic (exact) mass is 1390 g/mol. The summed E-state index contributed by atoms with van der Waals surface area (Å²) in [5.41, 5.74) is 28.3. The number of furan rings is 2. The van der Waals surface area contributed by atoms with Crippen molar-refractivity contribution in [2.45, 2.75) is 242 Å². The van der Waals surface area contributed by atoms with Crippen LogP contribution in [0.15, 0.2) is 180 Å². The number of nitrogens with one attached hydrogen (secondary N) is 1. The lowest BCUT2D eigenvalue weighted by Crippen LogP contribution is -2.14. The van der Waals surface area contributed by atoms with E-state index in [1.54, 1.807) is 12.5 Å². The van der Waals surface area contributed by atoms with Crippen LogP contribution in [0.2, 0.25) is 0 Å². The number of rotatable bonds is 0. The van der Waals surface area contributed by atoms with Crippen molar-refractivity contribution < 1.29 is 8.83 Å². The summed E-state index contributed by atoms with van der Waals surface area (Å²) in [4.78, 5) is 34.3. The third kappa shape index (κ3) is 20.7. The van der Waals surface area contributed by atoms with Crippen molar-refractivity contribution in [2.24, 2.45) is 0 Å². The molecule has 104 heavy (non-hydrogen) atoms. The van der Waals surface area contributed by atoms with E-state index in [1.807, 2.05) is 67.6 Å². The Morgan fingerprint density at radius 3 is 1.55 bits per heavy atom. The molecule has 0 spiro atoms. The lowest BCUT2D eigenvalue weighted by Gasteiger charge is -2.19. The van der Waals surface area contributed by atoms with Crippen LogP contribution < -0.4 is 0 Å². The van der Waals surface area contributed by atoms with Crippen LogP contribution in [-0.2, 0) is 75.4 Å². The molecule has 0 atom stereocenters. The number of hydrogen-bond donors (Lipinski definition) is 1. The molecule has 10 nitrogen and oxygen atoms in total. The van der Waals surface area contributed by atoms with Gasteiger partial charge in [0.1, 0.15) is 5.58 Å². The topological polar surface area (TPSA) is 132 Å². The maximum Gasteiger partial charge on any atom is 0.155 e. The van der Waals surface area contributed by atoms with E-state index < -0.39 is 0 Å². The fourth-order valence-corrected chi connectivity index (χ4v) is 12.3. The maximum absolute atomic E-state index is 5.44. The number of aromatic nitrogens is 8. The van der Waals surface area contributed by atoms with Gasteiger partial charge in [-0.1, -0.05) is 251 Å². The van der Waals surface area contributed by atoms with Crippen LogP contribution >= 0.6 is 0 Å². The molecule has 1 N–H and O–H groups in total. The molecule has 10 aromatic heterocycles. The van der Waals surface area contributed by atoms with Crippen molar-refractivity contribution in [3.8, 4) is 0 Å². The highest BCUT2D eigenvalue weighted by Crippen LogP contribution is 2.34. The molecule has 16 rings (SSSR count). The van der Waals surface area contributed by atoms with E-state index in [-0.39, 0.29) is 43.3 Å². The Kier molecular flexibility index (Phi) is 24.1. The van der Waals surface area contributed by atoms with Crippen LogP contribution in [0.25, 0.3) is 63.4 Å². The van der Waals surface area contributed by atoms with Gasteiger partial charge in [0.2, 0.25) is 0 Å². The third-order valence-corrected chi connectivity index (χ3v) is 18.8. The number of allylic oxidation sites excluding steroid dienone is 5. The lowest BCUT2D eigenvalue weighted by molar-refractivity contribution is 0.542. The van der Waals surface area contributed by atoms with Gasteiger partial charge in [0.15, 0.2) is 5.58 Å². The van der Waals surface area contributed by atoms with E-state index in [1.165, 1.54) is 78.4 Å². The van der Waals surface area contributed by atoms with E-state index >= 15 is 0 Å². The van der Waals surface area contributed by atoms with Crippen molar-refractivity contribution in [1.82, 2.24) is 39.9 Å². The molecular weight excluding hydrogens is 1270 g/mol. The lowest BCUT2D eigenvalue weighted by atomic mass is 9.85. The maximum atomic E-state index is 5.44. The normalized spacial score (nSPS) is 13.8. The van der Waals surface area contributed by atoms with E-state index in [2.05, 4.69) is 327 Å². The molecule has 10 heteroatoms. The molecule has 0 radical (unpaired) electrons. The minimum atomic E-state index is 0.0391. The average Bonchev–Trinajstić information content (AvgIpc) is 1.55. The van der Waals surface area contributed by atoms with Crippen LogP contribution in [0, 0.1) is 0 Å². The standard InChI is InChI=1S/C13H16.4C12H15N.C11H14N2.2C11H13NO/c1-13(2,3)12-8-7-10-5-4-6-11(10)9-12;1-12(2,3)10-7-9-5-4-6-11(9)13-8-10;1-12(2,3)11-7-9-5-4-6-10(9)8-13-11;2*1-12(2,3)11-8-7-9-5-4-6-10(9)13-11;1-11(2,3)8-4-6-12-9-5-7-13-10(8)9;1-11(2,3)10-9-8(4-6-12-10)5-7-13-9;1-11(2,3)9-7-12-6-8-4-5-13-10(8)9/h4-5,7-9H,6H2,1-3H3;3*4,6-8H,5H2,1-3H3;4-5,7-8H,6H2,1-3H3;4-7,13H,1-3H3;2*4-7H,1-3H3. The Morgan fingerprint density at radius 2 is 0.894 bits per heavy atom. The Labute approximate surface area is 622 Å². The third-order valence-electron chi connectivity index (χ3n) is 18.8. The first-order chi connectivity index (χ1) is 48.6. The molecule has 0 saturated heterocycles. The minimum absolute atomic E-state index is 0.0391. The first-order valence-corrected chi connectivity index (χ1v) is 37.2. The Bertz CT molecular complexity index is 4410. The van der Waals surface area contributed by atoms with Crippen LogP contribution in [-0.4, -0.2) is 39.9 Å². The summed E-state index contributed by atoms with van der Waals surface area (Å²) in [6.45, 7) is 52.7. The van der Waals surface area contributed by atoms with Gasteiger partial charge in [-0.15, -0.1) is 0 Å². The van der Waals surface area contributed by atoms with Gasteiger partial charge >= 0.3 is 0 Å². The zero-order valence-electron chi connectivity index (χ0n) is 67.0. The SMILES string of the molecule is CC(C)(C)c1cc2c(cn1)C=CC2.CC(C)(C)c1ccc2c(c1)CC=C2.CC(C)(C)c1ccc2c(n1)C=CC2.CC(C)(C)c1ccc2c(n1)CC=C2.CC(C)(C)c1ccnc2cc[nH]c12.CC(C)(C)c1cnc2c(c1)CC=C2.CC(C)(C)c1cncc2ccoc12.CC(C)(C)c1nccc2ccoc12. The molecule has 544 valence electrons. The molecule has 5 aliphatic carbocycles. The van der Waals surface area contributed by atoms with Crippen LogP contribution in [0.4, 0.5) is 0 Å². The van der Waals surface area contributed by atoms with E-state index in [9.17, 15) is 0 Å². The first kappa shape index (κ1) is 78.7. The van der Waals surface area contributed by atoms with Crippen molar-refractivity contribution >= 4 is 63.4 Å². The summed E-state index contributed by atoms with van der Waals surface area (Å²) in [5, 5.41) is 2.20. The second-order valence-electron chi connectivity index (χ2n) is 36.1. The van der Waals surface area contributed by atoms with Gasteiger partial charge in [-0.2, -0.15) is 0 Å². The number of nitrogens with zero attached hydrogens (tertiary/aromatic N) is 7. The Balaban J connectivity index is 0.000000138. The zero-order chi connectivity index (χ0) is 75.8. The molecule has 0 bridgehead atoms. The molecule has 0 unspecified atom stereocenters. The van der Waals surface area contributed by atoms with Gasteiger partial charge in [0, 0.05) is 105 Å². The molecule has 0 fully saturated rings. The number of pyridine rings is 7. The average molecular weight is 1390 g/mol. The zero-order valence-corrected chi connectivity index (χ0v) is 67.0. The summed E-state index contributed by atoms with van der Waals surface area (Å²) in [6.07, 6.45) is 43.7. The Morgan fingerprint density at radius 1 is 0.346 bits per heavy atom. The fourth-order valence-electron chi connectivity index (χ4n) is 12.3. The van der Waals surface area contributed by atoms with E-state index in [4.69, 9.17) is 8.83 Å². The van der Waals surface area contributed by atoms with Gasteiger partial charge < -0.3 is 13.8 Å². The summed E-state index contributed by atoms with van der Waals surface area (Å²) < 4.78 is 10.8. The second kappa shape index (κ2) is 31.9. The molecule has 10 heterocycles. The summed E-state index contributed by atoms with van der Waals surface area (Å²) in [6, 6.07) is 29.9. The number of benzene rings is 1. The summed E-state index contributed by atoms with van der Waals surface area (Å²) in [7, 11) is 0. The van der Waals surface area contributed by atoms with E-state index in [0.717, 1.165) is 87.7 Å². The predicted molar refractivity (Wildman–Crippen MR) is 441 cm³/mol. The van der Waals surface area contributed by atoms with Crippen molar-refractivity contribution in [2.75, 3.05) is 0 Å². The van der Waals surface area contributed by atoms with Crippen molar-refractivity contribution in [3.63, 3.8) is 0 Å². The van der Waals surface area contributed by atoms with Crippen molar-refractivity contribution in [1.29, 1.82) is 0 Å². The van der Waals surface area contributed by atoms with Gasteiger partial charge in [-0.25, -0.2) is 0 Å². The molecule has 5 aliphatic rings. The predicted octanol–water partition coefficient (Wildman–Crippen LogP) is 24.5. The number of aromatic amines is 1. The fraction of sp³-hybridized carbons (Fsp3) is 0.394. The number of fused-ring (bicyclic) bond motifs is 8. The van der Waals surface area contributed by atoms with Gasteiger partial charge in [-0.3, -0.25) is 34.9 Å². The Hall–Kier alpha value is -9.41. The summed E-state index contributed by atoms with van der Waals surface area (Å²) >= 11 is 0. The van der Waals surface area contributed by atoms with Gasteiger partial charge in [-0.05, 0) is 164 Å². The highest BCUT2D eigenvalue weighted by Gasteiger charge is 2.25. The molecule has 11 aromatic rings. The molecule has 0 amide bonds. The molecule has 1 aromatic carbocycles. The number of H-pyrrole nitrogens is 1. The summed E-state index contributed by atoms with van der Waals surface area (Å²) in [5.74, 6) is 0. The smallest absolute Gasteiger partial charge is 0.155 e. The van der Waals surface area contributed by atoms with Crippen LogP contribution in [0.3, 0.4) is 0 Å².